The number of nitrogens with zero attached hydrogens (tertiary/aromatic N) is 1. The largest absolute Gasteiger partial charge is 0.462 e. The van der Waals surface area contributed by atoms with E-state index >= 15 is 0 Å². The minimum absolute atomic E-state index is 0.0375. The van der Waals surface area contributed by atoms with Crippen LogP contribution in [0.25, 0.3) is 11.0 Å². The van der Waals surface area contributed by atoms with Crippen molar-refractivity contribution in [2.24, 2.45) is 0 Å². The molecule has 7 nitrogen and oxygen atoms in total. The molecule has 0 saturated heterocycles. The molecule has 4 aromatic rings. The molecule has 0 aliphatic heterocycles. The van der Waals surface area contributed by atoms with Crippen LogP contribution in [-0.4, -0.2) is 26.9 Å². The van der Waals surface area contributed by atoms with Crippen LogP contribution in [0.5, 0.6) is 0 Å². The molecule has 34 heavy (non-hydrogen) atoms. The molecule has 0 spiro atoms. The van der Waals surface area contributed by atoms with E-state index in [1.165, 1.54) is 30.3 Å². The second kappa shape index (κ2) is 9.15. The number of esters is 1. The summed E-state index contributed by atoms with van der Waals surface area (Å²) >= 11 is 0. The molecule has 0 radical (unpaired) electrons. The molecule has 174 valence electrons. The number of amides is 1. The Morgan fingerprint density at radius 1 is 0.941 bits per heavy atom. The fourth-order valence-electron chi connectivity index (χ4n) is 3.67. The third-order valence-electron chi connectivity index (χ3n) is 5.33. The highest BCUT2D eigenvalue weighted by Crippen LogP contribution is 2.33. The standard InChI is InChI=1S/C26H23NO6S/c1-4-32-26(29)24-18(3)33-23-15-14-20(16-22(23)24)27(25(28)19-12-10-17(2)11-13-19)34(30,31)21-8-6-5-7-9-21/h5-16H,4H2,1-3H3. The third kappa shape index (κ3) is 4.20. The van der Waals surface area contributed by atoms with Crippen LogP contribution >= 0.6 is 0 Å². The normalized spacial score (nSPS) is 11.4. The van der Waals surface area contributed by atoms with Gasteiger partial charge in [-0.05, 0) is 63.2 Å². The lowest BCUT2D eigenvalue weighted by Crippen LogP contribution is -2.37. The number of furan rings is 1. The van der Waals surface area contributed by atoms with Crippen molar-refractivity contribution in [3.63, 3.8) is 0 Å². The summed E-state index contributed by atoms with van der Waals surface area (Å²) in [6, 6.07) is 18.8. The lowest BCUT2D eigenvalue weighted by Gasteiger charge is -2.23. The van der Waals surface area contributed by atoms with Crippen LogP contribution in [0.15, 0.2) is 82.1 Å². The number of benzene rings is 3. The summed E-state index contributed by atoms with van der Waals surface area (Å²) in [5, 5.41) is 0.360. The second-order valence-electron chi connectivity index (χ2n) is 7.69. The van der Waals surface area contributed by atoms with Crippen molar-refractivity contribution in [3.8, 4) is 0 Å². The number of carbonyl (C=O) groups is 2. The first-order valence-electron chi connectivity index (χ1n) is 10.7. The van der Waals surface area contributed by atoms with Gasteiger partial charge in [-0.2, -0.15) is 4.31 Å². The van der Waals surface area contributed by atoms with Crippen molar-refractivity contribution in [1.82, 2.24) is 0 Å². The average Bonchev–Trinajstić information content (AvgIpc) is 3.15. The molecule has 4 rings (SSSR count). The Hall–Kier alpha value is -3.91. The summed E-state index contributed by atoms with van der Waals surface area (Å²) < 4.78 is 38.9. The molecule has 0 aliphatic carbocycles. The van der Waals surface area contributed by atoms with Crippen molar-refractivity contribution >= 4 is 38.6 Å². The number of ether oxygens (including phenoxy) is 1. The Morgan fingerprint density at radius 2 is 1.62 bits per heavy atom. The van der Waals surface area contributed by atoms with Crippen molar-refractivity contribution < 1.29 is 27.2 Å². The summed E-state index contributed by atoms with van der Waals surface area (Å²) in [5.41, 5.74) is 1.79. The Labute approximate surface area is 197 Å². The second-order valence-corrected chi connectivity index (χ2v) is 9.47. The summed E-state index contributed by atoms with van der Waals surface area (Å²) in [5.74, 6) is -0.966. The Balaban J connectivity index is 1.93. The van der Waals surface area contributed by atoms with E-state index in [1.54, 1.807) is 56.3 Å². The quantitative estimate of drug-likeness (QED) is 0.352. The number of sulfonamides is 1. The van der Waals surface area contributed by atoms with Gasteiger partial charge in [0, 0.05) is 10.9 Å². The van der Waals surface area contributed by atoms with Crippen LogP contribution in [-0.2, 0) is 14.8 Å². The van der Waals surface area contributed by atoms with Gasteiger partial charge < -0.3 is 9.15 Å². The molecule has 3 aromatic carbocycles. The molecule has 8 heteroatoms. The SMILES string of the molecule is CCOC(=O)c1c(C)oc2ccc(N(C(=O)c3ccc(C)cc3)S(=O)(=O)c3ccccc3)cc12. The molecule has 0 saturated carbocycles. The molecular weight excluding hydrogens is 454 g/mol. The lowest BCUT2D eigenvalue weighted by atomic mass is 10.1. The zero-order chi connectivity index (χ0) is 24.5. The summed E-state index contributed by atoms with van der Waals surface area (Å²) in [7, 11) is -4.28. The maximum absolute atomic E-state index is 13.7. The van der Waals surface area contributed by atoms with Gasteiger partial charge in [0.05, 0.1) is 17.2 Å². The number of hydrogen-bond acceptors (Lipinski definition) is 6. The molecular formula is C26H23NO6S. The topological polar surface area (TPSA) is 93.9 Å². The minimum Gasteiger partial charge on any atom is -0.462 e. The van der Waals surface area contributed by atoms with Crippen molar-refractivity contribution in [3.05, 3.63) is 95.2 Å². The Kier molecular flexibility index (Phi) is 6.26. The monoisotopic (exact) mass is 477 g/mol. The molecule has 0 aliphatic rings. The van der Waals surface area contributed by atoms with E-state index in [1.807, 2.05) is 6.92 Å². The van der Waals surface area contributed by atoms with Crippen LogP contribution in [0.1, 0.15) is 39.0 Å². The molecule has 0 bridgehead atoms. The first-order chi connectivity index (χ1) is 16.2. The van der Waals surface area contributed by atoms with Crippen LogP contribution < -0.4 is 4.31 Å². The van der Waals surface area contributed by atoms with E-state index in [2.05, 4.69) is 0 Å². The van der Waals surface area contributed by atoms with Gasteiger partial charge in [-0.3, -0.25) is 4.79 Å². The zero-order valence-electron chi connectivity index (χ0n) is 18.9. The lowest BCUT2D eigenvalue weighted by molar-refractivity contribution is 0.0526. The predicted octanol–water partition coefficient (Wildman–Crippen LogP) is 5.26. The van der Waals surface area contributed by atoms with Crippen LogP contribution in [0, 0.1) is 13.8 Å². The number of aryl methyl sites for hydroxylation is 2. The molecule has 0 atom stereocenters. The zero-order valence-corrected chi connectivity index (χ0v) is 19.8. The van der Waals surface area contributed by atoms with Gasteiger partial charge in [-0.1, -0.05) is 35.9 Å². The first kappa shape index (κ1) is 23.3. The van der Waals surface area contributed by atoms with Crippen LogP contribution in [0.3, 0.4) is 0 Å². The predicted molar refractivity (Wildman–Crippen MR) is 129 cm³/mol. The highest BCUT2D eigenvalue weighted by molar-refractivity contribution is 7.93. The number of fused-ring (bicyclic) bond motifs is 1. The smallest absolute Gasteiger partial charge is 0.342 e. The van der Waals surface area contributed by atoms with Crippen molar-refractivity contribution in [2.75, 3.05) is 10.9 Å². The number of carbonyl (C=O) groups excluding carboxylic acids is 2. The number of hydrogen-bond donors (Lipinski definition) is 0. The minimum atomic E-state index is -4.28. The van der Waals surface area contributed by atoms with E-state index < -0.39 is 21.9 Å². The van der Waals surface area contributed by atoms with E-state index in [-0.39, 0.29) is 28.3 Å². The number of anilines is 1. The van der Waals surface area contributed by atoms with Crippen LogP contribution in [0.4, 0.5) is 5.69 Å². The van der Waals surface area contributed by atoms with Gasteiger partial charge in [-0.25, -0.2) is 13.2 Å². The summed E-state index contributed by atoms with van der Waals surface area (Å²) in [4.78, 5) is 26.1. The fraction of sp³-hybridized carbons (Fsp3) is 0.154. The van der Waals surface area contributed by atoms with Gasteiger partial charge in [0.15, 0.2) is 0 Å². The van der Waals surface area contributed by atoms with Gasteiger partial charge in [-0.15, -0.1) is 0 Å². The van der Waals surface area contributed by atoms with E-state index in [9.17, 15) is 18.0 Å². The molecule has 1 aromatic heterocycles. The van der Waals surface area contributed by atoms with Crippen molar-refractivity contribution in [2.45, 2.75) is 25.7 Å². The molecule has 1 amide bonds. The summed E-state index contributed by atoms with van der Waals surface area (Å²) in [6.45, 7) is 5.36. The highest BCUT2D eigenvalue weighted by atomic mass is 32.2. The number of rotatable bonds is 6. The Morgan fingerprint density at radius 3 is 2.26 bits per heavy atom. The van der Waals surface area contributed by atoms with E-state index in [0.717, 1.165) is 9.87 Å². The first-order valence-corrected chi connectivity index (χ1v) is 12.1. The Bertz CT molecular complexity index is 1470. The maximum Gasteiger partial charge on any atom is 0.342 e. The summed E-state index contributed by atoms with van der Waals surface area (Å²) in [6.07, 6.45) is 0. The molecule has 0 N–H and O–H groups in total. The molecule has 1 heterocycles. The molecule has 0 fully saturated rings. The van der Waals surface area contributed by atoms with E-state index in [0.29, 0.717) is 16.7 Å². The third-order valence-corrected chi connectivity index (χ3v) is 7.05. The van der Waals surface area contributed by atoms with E-state index in [4.69, 9.17) is 9.15 Å². The van der Waals surface area contributed by atoms with Gasteiger partial charge in [0.1, 0.15) is 16.9 Å². The van der Waals surface area contributed by atoms with Crippen LogP contribution in [0.2, 0.25) is 0 Å². The van der Waals surface area contributed by atoms with Gasteiger partial charge in [0.25, 0.3) is 15.9 Å². The molecule has 0 unspecified atom stereocenters. The fourth-order valence-corrected chi connectivity index (χ4v) is 5.09. The van der Waals surface area contributed by atoms with Gasteiger partial charge >= 0.3 is 5.97 Å². The van der Waals surface area contributed by atoms with Gasteiger partial charge in [0.2, 0.25) is 0 Å². The van der Waals surface area contributed by atoms with Crippen molar-refractivity contribution in [1.29, 1.82) is 0 Å². The highest BCUT2D eigenvalue weighted by Gasteiger charge is 2.33. The average molecular weight is 478 g/mol. The maximum atomic E-state index is 13.7.